The van der Waals surface area contributed by atoms with E-state index in [1.54, 1.807) is 0 Å². The number of aromatic nitrogens is 3. The summed E-state index contributed by atoms with van der Waals surface area (Å²) in [5.74, 6) is -0.805. The van der Waals surface area contributed by atoms with E-state index < -0.39 is 25.0 Å². The lowest BCUT2D eigenvalue weighted by Gasteiger charge is -2.07. The van der Waals surface area contributed by atoms with Gasteiger partial charge < -0.3 is 10.6 Å². The van der Waals surface area contributed by atoms with Crippen molar-refractivity contribution in [2.24, 2.45) is 0 Å². The maximum atomic E-state index is 11.8. The Morgan fingerprint density at radius 3 is 2.68 bits per heavy atom. The second-order valence-electron chi connectivity index (χ2n) is 3.70. The van der Waals surface area contributed by atoms with E-state index in [2.05, 4.69) is 20.9 Å². The fourth-order valence-electron chi connectivity index (χ4n) is 1.16. The van der Waals surface area contributed by atoms with E-state index in [9.17, 15) is 22.8 Å². The molecule has 10 heteroatoms. The van der Waals surface area contributed by atoms with E-state index in [0.29, 0.717) is 0 Å². The van der Waals surface area contributed by atoms with Crippen molar-refractivity contribution in [3.05, 3.63) is 6.20 Å². The number of alkyl halides is 3. The lowest BCUT2D eigenvalue weighted by atomic mass is 10.4. The molecule has 1 rings (SSSR count). The zero-order chi connectivity index (χ0) is 14.5. The SMILES string of the molecule is CC(=O)Nc1cn(CC(=O)NCCC(F)(F)F)nn1. The molecule has 0 saturated carbocycles. The van der Waals surface area contributed by atoms with Crippen molar-refractivity contribution in [3.63, 3.8) is 0 Å². The van der Waals surface area contributed by atoms with Gasteiger partial charge in [0.1, 0.15) is 6.54 Å². The van der Waals surface area contributed by atoms with Crippen LogP contribution < -0.4 is 10.6 Å². The molecule has 2 amide bonds. The number of rotatable bonds is 5. The molecule has 0 saturated heterocycles. The van der Waals surface area contributed by atoms with Gasteiger partial charge in [-0.1, -0.05) is 5.21 Å². The van der Waals surface area contributed by atoms with Crippen LogP contribution in [0.5, 0.6) is 0 Å². The Labute approximate surface area is 106 Å². The standard InChI is InChI=1S/C9H12F3N5O2/c1-6(18)14-7-4-17(16-15-7)5-8(19)13-3-2-9(10,11)12/h4H,2-3,5H2,1H3,(H,13,19)(H,14,18). The average Bonchev–Trinajstić information content (AvgIpc) is 2.62. The van der Waals surface area contributed by atoms with Crippen LogP contribution in [0.25, 0.3) is 0 Å². The van der Waals surface area contributed by atoms with Gasteiger partial charge in [0.25, 0.3) is 0 Å². The summed E-state index contributed by atoms with van der Waals surface area (Å²) in [6, 6.07) is 0. The van der Waals surface area contributed by atoms with Crippen molar-refractivity contribution in [1.29, 1.82) is 0 Å². The predicted molar refractivity (Wildman–Crippen MR) is 58.0 cm³/mol. The highest BCUT2D eigenvalue weighted by Crippen LogP contribution is 2.18. The van der Waals surface area contributed by atoms with Crippen LogP contribution in [0.3, 0.4) is 0 Å². The van der Waals surface area contributed by atoms with E-state index in [1.807, 2.05) is 0 Å². The molecule has 0 bridgehead atoms. The topological polar surface area (TPSA) is 88.9 Å². The summed E-state index contributed by atoms with van der Waals surface area (Å²) in [6.45, 7) is 0.517. The van der Waals surface area contributed by atoms with Crippen LogP contribution in [-0.4, -0.2) is 39.5 Å². The normalized spacial score (nSPS) is 11.2. The van der Waals surface area contributed by atoms with Crippen molar-refractivity contribution in [1.82, 2.24) is 20.3 Å². The molecule has 0 aliphatic rings. The molecule has 1 heterocycles. The van der Waals surface area contributed by atoms with E-state index in [4.69, 9.17) is 0 Å². The van der Waals surface area contributed by atoms with Crippen LogP contribution >= 0.6 is 0 Å². The summed E-state index contributed by atoms with van der Waals surface area (Å²) in [4.78, 5) is 22.0. The third kappa shape index (κ3) is 6.38. The summed E-state index contributed by atoms with van der Waals surface area (Å²) >= 11 is 0. The second kappa shape index (κ2) is 6.16. The highest BCUT2D eigenvalue weighted by Gasteiger charge is 2.26. The number of hydrogen-bond donors (Lipinski definition) is 2. The molecule has 1 aromatic heterocycles. The van der Waals surface area contributed by atoms with Crippen molar-refractivity contribution in [2.75, 3.05) is 11.9 Å². The monoisotopic (exact) mass is 279 g/mol. The Hall–Kier alpha value is -2.13. The lowest BCUT2D eigenvalue weighted by molar-refractivity contribution is -0.135. The van der Waals surface area contributed by atoms with Gasteiger partial charge in [-0.2, -0.15) is 13.2 Å². The molecule has 0 radical (unpaired) electrons. The number of hydrogen-bond acceptors (Lipinski definition) is 4. The van der Waals surface area contributed by atoms with Crippen LogP contribution in [0.4, 0.5) is 19.0 Å². The van der Waals surface area contributed by atoms with Crippen molar-refractivity contribution in [3.8, 4) is 0 Å². The molecule has 0 aliphatic heterocycles. The van der Waals surface area contributed by atoms with Crippen molar-refractivity contribution in [2.45, 2.75) is 26.1 Å². The lowest BCUT2D eigenvalue weighted by Crippen LogP contribution is -2.31. The number of halogens is 3. The Kier molecular flexibility index (Phi) is 4.84. The van der Waals surface area contributed by atoms with Gasteiger partial charge in [-0.3, -0.25) is 9.59 Å². The fourth-order valence-corrected chi connectivity index (χ4v) is 1.16. The minimum atomic E-state index is -4.31. The Balaban J connectivity index is 2.36. The Bertz CT molecular complexity index is 457. The van der Waals surface area contributed by atoms with Gasteiger partial charge in [0, 0.05) is 13.5 Å². The molecule has 0 atom stereocenters. The molecule has 0 fully saturated rings. The second-order valence-corrected chi connectivity index (χ2v) is 3.70. The van der Waals surface area contributed by atoms with Gasteiger partial charge in [0.2, 0.25) is 11.8 Å². The van der Waals surface area contributed by atoms with Crippen LogP contribution in [0.2, 0.25) is 0 Å². The van der Waals surface area contributed by atoms with Crippen LogP contribution in [0.15, 0.2) is 6.20 Å². The van der Waals surface area contributed by atoms with Crippen LogP contribution in [-0.2, 0) is 16.1 Å². The molecular weight excluding hydrogens is 267 g/mol. The number of nitrogens with one attached hydrogen (secondary N) is 2. The summed E-state index contributed by atoms with van der Waals surface area (Å²) < 4.78 is 36.6. The molecule has 0 unspecified atom stereocenters. The third-order valence-corrected chi connectivity index (χ3v) is 1.88. The average molecular weight is 279 g/mol. The zero-order valence-electron chi connectivity index (χ0n) is 9.99. The molecule has 0 aromatic carbocycles. The van der Waals surface area contributed by atoms with Gasteiger partial charge >= 0.3 is 6.18 Å². The Morgan fingerprint density at radius 2 is 2.11 bits per heavy atom. The van der Waals surface area contributed by atoms with Crippen LogP contribution in [0, 0.1) is 0 Å². The minimum absolute atomic E-state index is 0.163. The number of carbonyl (C=O) groups is 2. The molecular formula is C9H12F3N5O2. The van der Waals surface area contributed by atoms with E-state index >= 15 is 0 Å². The Morgan fingerprint density at radius 1 is 1.42 bits per heavy atom. The molecule has 0 spiro atoms. The van der Waals surface area contributed by atoms with Gasteiger partial charge in [0.15, 0.2) is 5.82 Å². The van der Waals surface area contributed by atoms with Gasteiger partial charge in [-0.15, -0.1) is 5.10 Å². The first-order valence-corrected chi connectivity index (χ1v) is 5.27. The van der Waals surface area contributed by atoms with Gasteiger partial charge in [0.05, 0.1) is 12.6 Å². The summed E-state index contributed by atoms with van der Waals surface area (Å²) in [6.07, 6.45) is -4.10. The van der Waals surface area contributed by atoms with Gasteiger partial charge in [-0.25, -0.2) is 4.68 Å². The summed E-state index contributed by atoms with van der Waals surface area (Å²) in [7, 11) is 0. The molecule has 7 nitrogen and oxygen atoms in total. The number of nitrogens with zero attached hydrogens (tertiary/aromatic N) is 3. The maximum absolute atomic E-state index is 11.8. The minimum Gasteiger partial charge on any atom is -0.354 e. The molecule has 1 aromatic rings. The van der Waals surface area contributed by atoms with E-state index in [1.165, 1.54) is 13.1 Å². The van der Waals surface area contributed by atoms with Crippen molar-refractivity contribution < 1.29 is 22.8 Å². The van der Waals surface area contributed by atoms with Gasteiger partial charge in [-0.05, 0) is 0 Å². The summed E-state index contributed by atoms with van der Waals surface area (Å²) in [5, 5.41) is 11.5. The largest absolute Gasteiger partial charge is 0.390 e. The van der Waals surface area contributed by atoms with E-state index in [-0.39, 0.29) is 18.3 Å². The molecule has 2 N–H and O–H groups in total. The first kappa shape index (κ1) is 14.9. The number of anilines is 1. The first-order chi connectivity index (χ1) is 8.76. The highest BCUT2D eigenvalue weighted by molar-refractivity contribution is 5.87. The van der Waals surface area contributed by atoms with Crippen LogP contribution in [0.1, 0.15) is 13.3 Å². The zero-order valence-corrected chi connectivity index (χ0v) is 9.99. The molecule has 106 valence electrons. The van der Waals surface area contributed by atoms with Crippen molar-refractivity contribution >= 4 is 17.6 Å². The maximum Gasteiger partial charge on any atom is 0.390 e. The van der Waals surface area contributed by atoms with E-state index in [0.717, 1.165) is 4.68 Å². The highest BCUT2D eigenvalue weighted by atomic mass is 19.4. The summed E-state index contributed by atoms with van der Waals surface area (Å²) in [5.41, 5.74) is 0. The molecule has 19 heavy (non-hydrogen) atoms. The number of carbonyl (C=O) groups excluding carboxylic acids is 2. The third-order valence-electron chi connectivity index (χ3n) is 1.88. The fraction of sp³-hybridized carbons (Fsp3) is 0.556. The first-order valence-electron chi connectivity index (χ1n) is 5.27. The predicted octanol–water partition coefficient (Wildman–Crippen LogP) is 0.305. The quantitative estimate of drug-likeness (QED) is 0.811. The molecule has 0 aliphatic carbocycles. The smallest absolute Gasteiger partial charge is 0.354 e. The number of amides is 2.